The largest absolute Gasteiger partial charge is 0.492 e. The van der Waals surface area contributed by atoms with E-state index in [0.29, 0.717) is 17.5 Å². The molecule has 2 aromatic carbocycles. The van der Waals surface area contributed by atoms with Crippen LogP contribution in [0.4, 0.5) is 0 Å². The molecule has 0 saturated carbocycles. The van der Waals surface area contributed by atoms with Gasteiger partial charge in [0.05, 0.1) is 18.4 Å². The zero-order chi connectivity index (χ0) is 20.1. The Balaban J connectivity index is 1.42. The van der Waals surface area contributed by atoms with Crippen LogP contribution in [0.1, 0.15) is 36.9 Å². The van der Waals surface area contributed by atoms with Crippen LogP contribution in [0.3, 0.4) is 0 Å². The molecule has 1 N–H and O–H groups in total. The Kier molecular flexibility index (Phi) is 6.09. The van der Waals surface area contributed by atoms with Crippen LogP contribution < -0.4 is 10.1 Å². The van der Waals surface area contributed by atoms with E-state index in [-0.39, 0.29) is 17.7 Å². The van der Waals surface area contributed by atoms with E-state index in [4.69, 9.17) is 4.74 Å². The molecule has 0 fully saturated rings. The zero-order valence-corrected chi connectivity index (χ0v) is 17.1. The number of fused-ring (bicyclic) bond motifs is 1. The molecule has 0 spiro atoms. The second-order valence-electron chi connectivity index (χ2n) is 6.77. The number of thioether (sulfide) groups is 1. The molecule has 1 heterocycles. The fourth-order valence-corrected chi connectivity index (χ4v) is 4.29. The summed E-state index contributed by atoms with van der Waals surface area (Å²) in [7, 11) is 0. The Morgan fingerprint density at radius 2 is 2.07 bits per heavy atom. The number of para-hydroxylation sites is 2. The van der Waals surface area contributed by atoms with Crippen molar-refractivity contribution in [1.29, 1.82) is 0 Å². The van der Waals surface area contributed by atoms with Crippen LogP contribution in [0.2, 0.25) is 0 Å². The summed E-state index contributed by atoms with van der Waals surface area (Å²) < 4.78 is 7.28. The third kappa shape index (κ3) is 4.42. The fraction of sp³-hybridized carbons (Fsp3) is 0.333. The average molecular weight is 410 g/mol. The lowest BCUT2D eigenvalue weighted by Gasteiger charge is -2.26. The van der Waals surface area contributed by atoms with Crippen molar-refractivity contribution in [2.45, 2.75) is 37.4 Å². The molecule has 150 valence electrons. The monoisotopic (exact) mass is 409 g/mol. The molecule has 1 aliphatic rings. The van der Waals surface area contributed by atoms with Crippen LogP contribution in [0.15, 0.2) is 53.7 Å². The number of hydrogen-bond donors (Lipinski definition) is 1. The van der Waals surface area contributed by atoms with Crippen LogP contribution >= 0.6 is 11.8 Å². The summed E-state index contributed by atoms with van der Waals surface area (Å²) in [6.45, 7) is 2.48. The smallest absolute Gasteiger partial charge is 0.230 e. The number of tetrazole rings is 1. The minimum atomic E-state index is -0.0238. The van der Waals surface area contributed by atoms with E-state index in [2.05, 4.69) is 39.0 Å². The number of rotatable bonds is 7. The minimum Gasteiger partial charge on any atom is -0.492 e. The Morgan fingerprint density at radius 1 is 1.24 bits per heavy atom. The average Bonchev–Trinajstić information content (AvgIpc) is 3.22. The molecule has 0 radical (unpaired) electrons. The molecule has 0 unspecified atom stereocenters. The maximum Gasteiger partial charge on any atom is 0.230 e. The van der Waals surface area contributed by atoms with Crippen molar-refractivity contribution in [2.75, 3.05) is 12.4 Å². The standard InChI is InChI=1S/C21H23N5O2S/c1-2-28-19-13-6-5-12-18(19)26-21(23-24-25-26)29-14-20(27)22-17-11-7-9-15-8-3-4-10-16(15)17/h3-6,8,10,12-13,17H,2,7,9,11,14H2,1H3,(H,22,27)/t17-/m0/s1. The molecular formula is C21H23N5O2S. The first-order valence-corrected chi connectivity index (χ1v) is 10.8. The predicted molar refractivity (Wildman–Crippen MR) is 111 cm³/mol. The maximum absolute atomic E-state index is 12.6. The van der Waals surface area contributed by atoms with E-state index in [1.807, 2.05) is 37.3 Å². The number of hydrogen-bond acceptors (Lipinski definition) is 6. The van der Waals surface area contributed by atoms with E-state index < -0.39 is 0 Å². The summed E-state index contributed by atoms with van der Waals surface area (Å²) in [6, 6.07) is 16.0. The molecule has 1 aromatic heterocycles. The van der Waals surface area contributed by atoms with Gasteiger partial charge in [-0.2, -0.15) is 4.68 Å². The van der Waals surface area contributed by atoms with Crippen LogP contribution in [0, 0.1) is 0 Å². The highest BCUT2D eigenvalue weighted by Gasteiger charge is 2.22. The van der Waals surface area contributed by atoms with Gasteiger partial charge in [-0.25, -0.2) is 0 Å². The van der Waals surface area contributed by atoms with Crippen molar-refractivity contribution in [3.05, 3.63) is 59.7 Å². The van der Waals surface area contributed by atoms with Crippen molar-refractivity contribution >= 4 is 17.7 Å². The Morgan fingerprint density at radius 3 is 2.97 bits per heavy atom. The van der Waals surface area contributed by atoms with Crippen LogP contribution in [0.5, 0.6) is 5.75 Å². The number of aromatic nitrogens is 4. The number of nitrogens with one attached hydrogen (secondary N) is 1. The lowest BCUT2D eigenvalue weighted by molar-refractivity contribution is -0.119. The molecule has 3 aromatic rings. The van der Waals surface area contributed by atoms with Crippen molar-refractivity contribution in [3.8, 4) is 11.4 Å². The number of benzene rings is 2. The summed E-state index contributed by atoms with van der Waals surface area (Å²) in [5, 5.41) is 15.6. The Labute approximate surface area is 173 Å². The normalized spacial score (nSPS) is 15.6. The molecule has 0 saturated heterocycles. The first-order valence-electron chi connectivity index (χ1n) is 9.77. The van der Waals surface area contributed by atoms with Gasteiger partial charge in [-0.05, 0) is 59.9 Å². The van der Waals surface area contributed by atoms with Gasteiger partial charge < -0.3 is 10.1 Å². The SMILES string of the molecule is CCOc1ccccc1-n1nnnc1SCC(=O)N[C@H]1CCCc2ccccc21. The van der Waals surface area contributed by atoms with E-state index in [1.165, 1.54) is 22.9 Å². The molecule has 4 rings (SSSR count). The molecular weight excluding hydrogens is 386 g/mol. The third-order valence-electron chi connectivity index (χ3n) is 4.87. The number of amides is 1. The summed E-state index contributed by atoms with van der Waals surface area (Å²) in [5.74, 6) is 0.923. The highest BCUT2D eigenvalue weighted by Crippen LogP contribution is 2.30. The predicted octanol–water partition coefficient (Wildman–Crippen LogP) is 3.35. The van der Waals surface area contributed by atoms with Crippen molar-refractivity contribution in [3.63, 3.8) is 0 Å². The molecule has 0 aliphatic heterocycles. The molecule has 29 heavy (non-hydrogen) atoms. The lowest BCUT2D eigenvalue weighted by atomic mass is 9.88. The van der Waals surface area contributed by atoms with Crippen molar-refractivity contribution in [2.24, 2.45) is 0 Å². The molecule has 1 amide bonds. The van der Waals surface area contributed by atoms with Crippen LogP contribution in [0.25, 0.3) is 5.69 Å². The first-order chi connectivity index (χ1) is 14.3. The number of aryl methyl sites for hydroxylation is 1. The Hall–Kier alpha value is -2.87. The van der Waals surface area contributed by atoms with Crippen LogP contribution in [-0.2, 0) is 11.2 Å². The quantitative estimate of drug-likeness (QED) is 0.603. The van der Waals surface area contributed by atoms with E-state index in [0.717, 1.165) is 24.9 Å². The van der Waals surface area contributed by atoms with Gasteiger partial charge in [0.25, 0.3) is 0 Å². The maximum atomic E-state index is 12.6. The third-order valence-corrected chi connectivity index (χ3v) is 5.79. The second kappa shape index (κ2) is 9.09. The summed E-state index contributed by atoms with van der Waals surface area (Å²) >= 11 is 1.31. The molecule has 8 heteroatoms. The number of ether oxygens (including phenoxy) is 1. The lowest BCUT2D eigenvalue weighted by Crippen LogP contribution is -2.32. The highest BCUT2D eigenvalue weighted by atomic mass is 32.2. The summed E-state index contributed by atoms with van der Waals surface area (Å²) in [6.07, 6.45) is 3.12. The summed E-state index contributed by atoms with van der Waals surface area (Å²) in [4.78, 5) is 12.6. The van der Waals surface area contributed by atoms with Gasteiger partial charge in [0.2, 0.25) is 11.1 Å². The van der Waals surface area contributed by atoms with Gasteiger partial charge in [0.1, 0.15) is 11.4 Å². The van der Waals surface area contributed by atoms with Gasteiger partial charge >= 0.3 is 0 Å². The number of carbonyl (C=O) groups is 1. The Bertz CT molecular complexity index is 990. The van der Waals surface area contributed by atoms with Gasteiger partial charge in [-0.3, -0.25) is 4.79 Å². The van der Waals surface area contributed by atoms with Gasteiger partial charge in [-0.15, -0.1) is 5.10 Å². The molecule has 1 aliphatic carbocycles. The van der Waals surface area contributed by atoms with E-state index >= 15 is 0 Å². The van der Waals surface area contributed by atoms with Gasteiger partial charge in [0.15, 0.2) is 0 Å². The summed E-state index contributed by atoms with van der Waals surface area (Å²) in [5.41, 5.74) is 3.31. The zero-order valence-electron chi connectivity index (χ0n) is 16.2. The minimum absolute atomic E-state index is 0.0238. The number of nitrogens with zero attached hydrogens (tertiary/aromatic N) is 4. The topological polar surface area (TPSA) is 81.9 Å². The molecule has 7 nitrogen and oxygen atoms in total. The van der Waals surface area contributed by atoms with Crippen molar-refractivity contribution < 1.29 is 9.53 Å². The van der Waals surface area contributed by atoms with Crippen molar-refractivity contribution in [1.82, 2.24) is 25.5 Å². The fourth-order valence-electron chi connectivity index (χ4n) is 3.60. The number of carbonyl (C=O) groups excluding carboxylic acids is 1. The molecule has 0 bridgehead atoms. The van der Waals surface area contributed by atoms with E-state index in [9.17, 15) is 4.79 Å². The van der Waals surface area contributed by atoms with Crippen LogP contribution in [-0.4, -0.2) is 38.5 Å². The molecule has 1 atom stereocenters. The van der Waals surface area contributed by atoms with E-state index in [1.54, 1.807) is 4.68 Å². The van der Waals surface area contributed by atoms with Gasteiger partial charge in [0, 0.05) is 0 Å². The van der Waals surface area contributed by atoms with Gasteiger partial charge in [-0.1, -0.05) is 48.2 Å². The first kappa shape index (κ1) is 19.4. The highest BCUT2D eigenvalue weighted by molar-refractivity contribution is 7.99. The second-order valence-corrected chi connectivity index (χ2v) is 7.72.